The van der Waals surface area contributed by atoms with Crippen molar-refractivity contribution in [3.8, 4) is 0 Å². The smallest absolute Gasteiger partial charge is 0.145 e. The van der Waals surface area contributed by atoms with Crippen molar-refractivity contribution < 1.29 is 8.17 Å². The zero-order valence-electron chi connectivity index (χ0n) is 7.06. The van der Waals surface area contributed by atoms with Crippen LogP contribution in [0.25, 0.3) is 0 Å². The van der Waals surface area contributed by atoms with E-state index in [0.29, 0.717) is 0 Å². The van der Waals surface area contributed by atoms with E-state index >= 15 is 0 Å². The Balaban J connectivity index is 2.84. The number of rotatable bonds is 4. The van der Waals surface area contributed by atoms with Gasteiger partial charge in [-0.2, -0.15) is 0 Å². The molecule has 6 heteroatoms. The van der Waals surface area contributed by atoms with E-state index in [-0.39, 0.29) is 0 Å². The molecule has 0 fully saturated rings. The van der Waals surface area contributed by atoms with E-state index in [1.165, 1.54) is 0 Å². The van der Waals surface area contributed by atoms with Gasteiger partial charge >= 0.3 is 0 Å². The third kappa shape index (κ3) is 3.51. The first-order valence-corrected chi connectivity index (χ1v) is 6.93. The Labute approximate surface area is 108 Å². The molecule has 0 spiro atoms. The van der Waals surface area contributed by atoms with Crippen molar-refractivity contribution in [2.75, 3.05) is 0 Å². The molecular weight excluding hydrogens is 353 g/mol. The van der Waals surface area contributed by atoms with Crippen molar-refractivity contribution in [2.45, 2.75) is 11.5 Å². The van der Waals surface area contributed by atoms with Crippen LogP contribution in [0.1, 0.15) is 11.7 Å². The summed E-state index contributed by atoms with van der Waals surface area (Å²) in [7, 11) is 8.93. The Bertz CT molecular complexity index is 285. The van der Waals surface area contributed by atoms with Crippen molar-refractivity contribution >= 4 is 59.2 Å². The fraction of sp³-hybridized carbons (Fsp3) is 0.250. The minimum absolute atomic E-state index is 0.399. The molecule has 0 aliphatic heterocycles. The van der Waals surface area contributed by atoms with Gasteiger partial charge in [-0.05, 0) is 32.5 Å². The number of benzene rings is 1. The summed E-state index contributed by atoms with van der Waals surface area (Å²) in [4.78, 5) is 0. The molecule has 1 N–H and O–H groups in total. The van der Waals surface area contributed by atoms with Gasteiger partial charge in [0.1, 0.15) is 34.5 Å². The van der Waals surface area contributed by atoms with Gasteiger partial charge in [-0.3, -0.25) is 0 Å². The Kier molecular flexibility index (Phi) is 6.05. The van der Waals surface area contributed by atoms with Gasteiger partial charge in [0, 0.05) is 0 Å². The normalized spacial score (nSPS) is 15.1. The Hall–Kier alpha value is 0.940. The lowest BCUT2D eigenvalue weighted by Crippen LogP contribution is -2.14. The quantitative estimate of drug-likeness (QED) is 0.507. The van der Waals surface area contributed by atoms with Crippen LogP contribution >= 0.6 is 53.9 Å². The second kappa shape index (κ2) is 6.51. The summed E-state index contributed by atoms with van der Waals surface area (Å²) in [6.07, 6.45) is -0.399. The summed E-state index contributed by atoms with van der Waals surface area (Å²) in [5.74, 6) is 0. The molecule has 2 unspecified atom stereocenters. The molecule has 1 rings (SSSR count). The molecule has 0 aromatic heterocycles. The largest absolute Gasteiger partial charge is 0.378 e. The van der Waals surface area contributed by atoms with Crippen LogP contribution in [0.2, 0.25) is 0 Å². The van der Waals surface area contributed by atoms with Crippen LogP contribution in [0.4, 0.5) is 0 Å². The highest BCUT2D eigenvalue weighted by atomic mass is 127. The first kappa shape index (κ1) is 13.0. The van der Waals surface area contributed by atoms with Crippen LogP contribution in [0, 0.1) is 0 Å². The maximum Gasteiger partial charge on any atom is 0.145 e. The lowest BCUT2D eigenvalue weighted by Gasteiger charge is -2.17. The van der Waals surface area contributed by atoms with Crippen LogP contribution in [-0.4, -0.2) is 10.5 Å². The highest BCUT2D eigenvalue weighted by molar-refractivity contribution is 14.1. The number of halogens is 2. The molecule has 0 saturated carbocycles. The molecule has 0 amide bonds. The predicted octanol–water partition coefficient (Wildman–Crippen LogP) is 2.80. The molecular formula is C8H9ClIO2PS. The highest BCUT2D eigenvalue weighted by Crippen LogP contribution is 2.31. The van der Waals surface area contributed by atoms with Crippen molar-refractivity contribution in [2.24, 2.45) is 0 Å². The van der Waals surface area contributed by atoms with E-state index in [4.69, 9.17) is 13.7 Å². The third-order valence-corrected chi connectivity index (χ3v) is 3.62. The fourth-order valence-electron chi connectivity index (χ4n) is 0.992. The number of hydrogen-bond acceptors (Lipinski definition) is 3. The van der Waals surface area contributed by atoms with Gasteiger partial charge in [-0.25, -0.2) is 0 Å². The molecule has 1 aromatic rings. The maximum absolute atomic E-state index is 9.54. The topological polar surface area (TPSA) is 29.5 Å². The Morgan fingerprint density at radius 3 is 2.43 bits per heavy atom. The van der Waals surface area contributed by atoms with Gasteiger partial charge in [-0.15, -0.1) is 9.24 Å². The molecule has 3 atom stereocenters. The standard InChI is InChI=1S/C8H9ClIO2PS/c9-14-8(11)7(12-10)5-1-3-6(13)4-2-5/h1-4,7-8,11H,13H2/t7-,8?/m1/s1. The number of hydrogen-bond donors (Lipinski definition) is 1. The minimum Gasteiger partial charge on any atom is -0.378 e. The first-order valence-electron chi connectivity index (χ1n) is 3.77. The average molecular weight is 363 g/mol. The van der Waals surface area contributed by atoms with Crippen LogP contribution in [0.3, 0.4) is 0 Å². The minimum atomic E-state index is -0.760. The SMILES string of the molecule is OC(SCl)[C@H](OI)c1ccc(P)cc1. The van der Waals surface area contributed by atoms with Gasteiger partial charge in [-0.1, -0.05) is 24.3 Å². The third-order valence-electron chi connectivity index (χ3n) is 1.71. The van der Waals surface area contributed by atoms with Crippen LogP contribution in [-0.2, 0) is 3.07 Å². The monoisotopic (exact) mass is 362 g/mol. The predicted molar refractivity (Wildman–Crippen MR) is 73.1 cm³/mol. The highest BCUT2D eigenvalue weighted by Gasteiger charge is 2.21. The Morgan fingerprint density at radius 1 is 1.43 bits per heavy atom. The number of aliphatic hydroxyl groups is 1. The van der Waals surface area contributed by atoms with Crippen molar-refractivity contribution in [1.82, 2.24) is 0 Å². The maximum atomic E-state index is 9.54. The second-order valence-corrected chi connectivity index (χ2v) is 5.03. The van der Waals surface area contributed by atoms with Crippen LogP contribution in [0.5, 0.6) is 0 Å². The summed E-state index contributed by atoms with van der Waals surface area (Å²) in [6, 6.07) is 7.69. The summed E-state index contributed by atoms with van der Waals surface area (Å²) >= 11 is 1.76. The molecule has 0 radical (unpaired) electrons. The van der Waals surface area contributed by atoms with E-state index in [9.17, 15) is 5.11 Å². The molecule has 0 bridgehead atoms. The molecule has 0 aliphatic rings. The van der Waals surface area contributed by atoms with E-state index in [0.717, 1.165) is 21.8 Å². The number of aliphatic hydroxyl groups excluding tert-OH is 1. The molecule has 1 aromatic carbocycles. The van der Waals surface area contributed by atoms with Crippen LogP contribution < -0.4 is 5.30 Å². The van der Waals surface area contributed by atoms with E-state index in [1.807, 2.05) is 24.3 Å². The van der Waals surface area contributed by atoms with Crippen LogP contribution in [0.15, 0.2) is 24.3 Å². The molecule has 0 aliphatic carbocycles. The van der Waals surface area contributed by atoms with Crippen molar-refractivity contribution in [1.29, 1.82) is 0 Å². The molecule has 78 valence electrons. The van der Waals surface area contributed by atoms with Gasteiger partial charge in [0.25, 0.3) is 0 Å². The van der Waals surface area contributed by atoms with Gasteiger partial charge in [0.2, 0.25) is 0 Å². The van der Waals surface area contributed by atoms with E-state index < -0.39 is 11.5 Å². The fourth-order valence-corrected chi connectivity index (χ4v) is 2.54. The lowest BCUT2D eigenvalue weighted by molar-refractivity contribution is 0.131. The average Bonchev–Trinajstić information content (AvgIpc) is 2.21. The molecule has 0 saturated heterocycles. The van der Waals surface area contributed by atoms with E-state index in [1.54, 1.807) is 23.0 Å². The second-order valence-electron chi connectivity index (χ2n) is 2.66. The van der Waals surface area contributed by atoms with Crippen molar-refractivity contribution in [3.63, 3.8) is 0 Å². The van der Waals surface area contributed by atoms with Gasteiger partial charge in [0.05, 0.1) is 0 Å². The summed E-state index contributed by atoms with van der Waals surface area (Å²) in [5, 5.41) is 10.6. The summed E-state index contributed by atoms with van der Waals surface area (Å²) in [6.45, 7) is 0. The van der Waals surface area contributed by atoms with Gasteiger partial charge < -0.3 is 8.17 Å². The first-order chi connectivity index (χ1) is 6.69. The van der Waals surface area contributed by atoms with Crippen molar-refractivity contribution in [3.05, 3.63) is 29.8 Å². The van der Waals surface area contributed by atoms with Gasteiger partial charge in [0.15, 0.2) is 0 Å². The lowest BCUT2D eigenvalue weighted by atomic mass is 10.1. The van der Waals surface area contributed by atoms with E-state index in [2.05, 4.69) is 9.24 Å². The molecule has 0 heterocycles. The molecule has 14 heavy (non-hydrogen) atoms. The molecule has 2 nitrogen and oxygen atoms in total. The summed E-state index contributed by atoms with van der Waals surface area (Å²) in [5.41, 5.74) is 0.148. The zero-order chi connectivity index (χ0) is 10.6. The summed E-state index contributed by atoms with van der Waals surface area (Å²) < 4.78 is 5.14. The Morgan fingerprint density at radius 2 is 2.00 bits per heavy atom. The zero-order valence-corrected chi connectivity index (χ0v) is 11.9.